The van der Waals surface area contributed by atoms with Crippen LogP contribution in [0.1, 0.15) is 18.4 Å². The molecular formula is C29H26FN9. The summed E-state index contributed by atoms with van der Waals surface area (Å²) in [5, 5.41) is 11.7. The zero-order valence-corrected chi connectivity index (χ0v) is 21.1. The van der Waals surface area contributed by atoms with Crippen LogP contribution in [0.15, 0.2) is 73.2 Å². The molecule has 1 aliphatic rings. The average molecular weight is 520 g/mol. The van der Waals surface area contributed by atoms with Gasteiger partial charge in [0, 0.05) is 37.6 Å². The van der Waals surface area contributed by atoms with E-state index in [1.165, 1.54) is 17.8 Å². The zero-order chi connectivity index (χ0) is 26.8. The number of aromatic nitrogens is 5. The first-order valence-corrected chi connectivity index (χ1v) is 12.8. The van der Waals surface area contributed by atoms with Gasteiger partial charge in [-0.05, 0) is 60.9 Å². The molecule has 0 spiro atoms. The van der Waals surface area contributed by atoms with Gasteiger partial charge in [0.05, 0.1) is 34.9 Å². The Bertz CT molecular complexity index is 1650. The number of nitrogens with zero attached hydrogens (tertiary/aromatic N) is 7. The third kappa shape index (κ3) is 5.00. The van der Waals surface area contributed by atoms with Crippen LogP contribution in [-0.4, -0.2) is 48.5 Å². The maximum absolute atomic E-state index is 13.5. The SMILES string of the molecule is N#CNC1CCN(Cc2ccc(-n3c(-c4cccnc4N)nc4cnc(-c5ccc(F)cn5)cc43)cc2)CC1. The van der Waals surface area contributed by atoms with Crippen molar-refractivity contribution in [2.75, 3.05) is 18.8 Å². The van der Waals surface area contributed by atoms with E-state index in [4.69, 9.17) is 16.0 Å². The molecule has 39 heavy (non-hydrogen) atoms. The summed E-state index contributed by atoms with van der Waals surface area (Å²) >= 11 is 0. The van der Waals surface area contributed by atoms with Gasteiger partial charge in [0.2, 0.25) is 0 Å². The van der Waals surface area contributed by atoms with Crippen molar-refractivity contribution in [2.24, 2.45) is 0 Å². The molecule has 0 amide bonds. The van der Waals surface area contributed by atoms with Gasteiger partial charge in [-0.3, -0.25) is 19.4 Å². The number of hydrogen-bond donors (Lipinski definition) is 2. The molecule has 0 bridgehead atoms. The first kappa shape index (κ1) is 24.5. The highest BCUT2D eigenvalue weighted by Gasteiger charge is 2.20. The normalized spacial score (nSPS) is 14.4. The second-order valence-electron chi connectivity index (χ2n) is 9.60. The molecule has 6 rings (SSSR count). The minimum absolute atomic E-state index is 0.269. The van der Waals surface area contributed by atoms with Gasteiger partial charge in [0.15, 0.2) is 6.19 Å². The molecule has 5 aromatic rings. The highest BCUT2D eigenvalue weighted by molar-refractivity contribution is 5.86. The fourth-order valence-corrected chi connectivity index (χ4v) is 5.03. The lowest BCUT2D eigenvalue weighted by molar-refractivity contribution is 0.197. The fraction of sp³-hybridized carbons (Fsp3) is 0.207. The molecule has 10 heteroatoms. The van der Waals surface area contributed by atoms with Gasteiger partial charge in [-0.2, -0.15) is 5.26 Å². The number of pyridine rings is 3. The summed E-state index contributed by atoms with van der Waals surface area (Å²) in [6.07, 6.45) is 8.51. The van der Waals surface area contributed by atoms with Gasteiger partial charge >= 0.3 is 0 Å². The van der Waals surface area contributed by atoms with Crippen molar-refractivity contribution in [2.45, 2.75) is 25.4 Å². The van der Waals surface area contributed by atoms with Crippen molar-refractivity contribution in [3.8, 4) is 34.7 Å². The molecule has 3 N–H and O–H groups in total. The third-order valence-corrected chi connectivity index (χ3v) is 7.07. The van der Waals surface area contributed by atoms with E-state index in [2.05, 4.69) is 55.6 Å². The van der Waals surface area contributed by atoms with Crippen LogP contribution in [0.5, 0.6) is 0 Å². The summed E-state index contributed by atoms with van der Waals surface area (Å²) in [7, 11) is 0. The van der Waals surface area contributed by atoms with Gasteiger partial charge in [-0.1, -0.05) is 12.1 Å². The summed E-state index contributed by atoms with van der Waals surface area (Å²) in [6, 6.07) is 17.3. The molecule has 9 nitrogen and oxygen atoms in total. The number of nitrogens with two attached hydrogens (primary N) is 1. The minimum Gasteiger partial charge on any atom is -0.383 e. The van der Waals surface area contributed by atoms with Crippen molar-refractivity contribution < 1.29 is 4.39 Å². The maximum atomic E-state index is 13.5. The predicted octanol–water partition coefficient (Wildman–Crippen LogP) is 4.30. The number of rotatable bonds is 6. The molecular weight excluding hydrogens is 493 g/mol. The Labute approximate surface area is 224 Å². The summed E-state index contributed by atoms with van der Waals surface area (Å²) in [4.78, 5) is 20.3. The number of piperidine rings is 1. The lowest BCUT2D eigenvalue weighted by atomic mass is 10.0. The number of hydrogen-bond acceptors (Lipinski definition) is 8. The molecule has 0 aliphatic carbocycles. The molecule has 194 valence electrons. The summed E-state index contributed by atoms with van der Waals surface area (Å²) in [5.74, 6) is 0.636. The van der Waals surface area contributed by atoms with Crippen LogP contribution in [-0.2, 0) is 6.54 Å². The van der Waals surface area contributed by atoms with E-state index in [1.54, 1.807) is 18.5 Å². The van der Waals surface area contributed by atoms with Crippen LogP contribution in [0.3, 0.4) is 0 Å². The molecule has 0 radical (unpaired) electrons. The molecule has 0 unspecified atom stereocenters. The molecule has 0 saturated carbocycles. The van der Waals surface area contributed by atoms with E-state index in [-0.39, 0.29) is 6.04 Å². The van der Waals surface area contributed by atoms with Gasteiger partial charge in [-0.15, -0.1) is 0 Å². The topological polar surface area (TPSA) is 122 Å². The number of benzene rings is 1. The lowest BCUT2D eigenvalue weighted by Gasteiger charge is -2.31. The third-order valence-electron chi connectivity index (χ3n) is 7.07. The predicted molar refractivity (Wildman–Crippen MR) is 147 cm³/mol. The van der Waals surface area contributed by atoms with Crippen LogP contribution < -0.4 is 11.1 Å². The van der Waals surface area contributed by atoms with Crippen molar-refractivity contribution in [3.05, 3.63) is 84.6 Å². The van der Waals surface area contributed by atoms with Crippen LogP contribution in [0.2, 0.25) is 0 Å². The molecule has 0 atom stereocenters. The Morgan fingerprint density at radius 3 is 2.51 bits per heavy atom. The van der Waals surface area contributed by atoms with Crippen molar-refractivity contribution >= 4 is 16.9 Å². The van der Waals surface area contributed by atoms with E-state index in [0.29, 0.717) is 34.1 Å². The van der Waals surface area contributed by atoms with Crippen molar-refractivity contribution in [3.63, 3.8) is 0 Å². The Kier molecular flexibility index (Phi) is 6.57. The highest BCUT2D eigenvalue weighted by Crippen LogP contribution is 2.32. The van der Waals surface area contributed by atoms with Crippen molar-refractivity contribution in [1.29, 1.82) is 5.26 Å². The summed E-state index contributed by atoms with van der Waals surface area (Å²) in [6.45, 7) is 2.74. The number of nitrogens with one attached hydrogen (secondary N) is 1. The molecule has 1 aliphatic heterocycles. The summed E-state index contributed by atoms with van der Waals surface area (Å²) < 4.78 is 15.5. The van der Waals surface area contributed by atoms with Gasteiger partial charge < -0.3 is 11.1 Å². The first-order valence-electron chi connectivity index (χ1n) is 12.8. The van der Waals surface area contributed by atoms with Crippen LogP contribution in [0, 0.1) is 17.3 Å². The Morgan fingerprint density at radius 2 is 1.79 bits per heavy atom. The molecule has 4 aromatic heterocycles. The van der Waals surface area contributed by atoms with E-state index in [1.807, 2.05) is 22.8 Å². The van der Waals surface area contributed by atoms with E-state index in [9.17, 15) is 4.39 Å². The van der Waals surface area contributed by atoms with Crippen LogP contribution >= 0.6 is 0 Å². The number of imidazole rings is 1. The van der Waals surface area contributed by atoms with Gasteiger partial charge in [0.25, 0.3) is 0 Å². The average Bonchev–Trinajstić information content (AvgIpc) is 3.34. The second-order valence-corrected chi connectivity index (χ2v) is 9.60. The lowest BCUT2D eigenvalue weighted by Crippen LogP contribution is -2.40. The van der Waals surface area contributed by atoms with E-state index < -0.39 is 5.82 Å². The quantitative estimate of drug-likeness (QED) is 0.252. The number of fused-ring (bicyclic) bond motifs is 1. The second kappa shape index (κ2) is 10.5. The highest BCUT2D eigenvalue weighted by atomic mass is 19.1. The first-order chi connectivity index (χ1) is 19.1. The Balaban J connectivity index is 1.37. The molecule has 1 aromatic carbocycles. The smallest absolute Gasteiger partial charge is 0.176 e. The van der Waals surface area contributed by atoms with E-state index in [0.717, 1.165) is 43.7 Å². The Morgan fingerprint density at radius 1 is 1.00 bits per heavy atom. The zero-order valence-electron chi connectivity index (χ0n) is 21.1. The van der Waals surface area contributed by atoms with Gasteiger partial charge in [0.1, 0.15) is 23.0 Å². The number of likely N-dealkylation sites (tertiary alicyclic amines) is 1. The Hall–Kier alpha value is -4.88. The van der Waals surface area contributed by atoms with Gasteiger partial charge in [-0.25, -0.2) is 14.4 Å². The number of nitrogen functional groups attached to an aromatic ring is 1. The molecule has 1 saturated heterocycles. The largest absolute Gasteiger partial charge is 0.383 e. The molecule has 5 heterocycles. The molecule has 1 fully saturated rings. The van der Waals surface area contributed by atoms with E-state index >= 15 is 0 Å². The number of nitriles is 1. The van der Waals surface area contributed by atoms with Crippen LogP contribution in [0.4, 0.5) is 10.2 Å². The monoisotopic (exact) mass is 519 g/mol. The van der Waals surface area contributed by atoms with Crippen LogP contribution in [0.25, 0.3) is 39.5 Å². The number of halogens is 1. The van der Waals surface area contributed by atoms with Crippen molar-refractivity contribution in [1.82, 2.24) is 34.7 Å². The fourth-order valence-electron chi connectivity index (χ4n) is 5.03. The maximum Gasteiger partial charge on any atom is 0.176 e. The summed E-state index contributed by atoms with van der Waals surface area (Å²) in [5.41, 5.74) is 11.8. The standard InChI is InChI=1S/C29H26FN9/c30-20-5-8-24(34-15-20)25-14-27-26(16-35-25)37-29(23-2-1-11-33-28(23)32)39(27)22-6-3-19(4-7-22)17-38-12-9-21(10-13-38)36-18-31/h1-8,11,14-16,21,36H,9-10,12-13,17H2,(H2,32,33). The number of anilines is 1. The minimum atomic E-state index is -0.400.